The van der Waals surface area contributed by atoms with E-state index in [0.29, 0.717) is 42.7 Å². The van der Waals surface area contributed by atoms with Gasteiger partial charge in [-0.25, -0.2) is 0 Å². The highest BCUT2D eigenvalue weighted by molar-refractivity contribution is 7.00. The number of benzene rings is 1. The summed E-state index contributed by atoms with van der Waals surface area (Å²) in [6.45, 7) is -0.367. The quantitative estimate of drug-likeness (QED) is 0.652. The van der Waals surface area contributed by atoms with Gasteiger partial charge in [-0.1, -0.05) is 0 Å². The Kier molecular flexibility index (Phi) is 5.41. The highest BCUT2D eigenvalue weighted by Gasteiger charge is 2.29. The number of carbonyl (C=O) groups excluding carboxylic acids is 2. The van der Waals surface area contributed by atoms with E-state index in [1.54, 1.807) is 28.4 Å². The van der Waals surface area contributed by atoms with E-state index in [9.17, 15) is 22.8 Å². The molecule has 8 nitrogen and oxygen atoms in total. The molecule has 1 aliphatic heterocycles. The first-order valence-electron chi connectivity index (χ1n) is 9.22. The molecule has 2 N–H and O–H groups in total. The van der Waals surface area contributed by atoms with Crippen LogP contribution in [0.5, 0.6) is 0 Å². The summed E-state index contributed by atoms with van der Waals surface area (Å²) in [6, 6.07) is 6.71. The lowest BCUT2D eigenvalue weighted by Gasteiger charge is -2.31. The lowest BCUT2D eigenvalue weighted by atomic mass is 9.93. The first-order valence-corrected chi connectivity index (χ1v) is 9.95. The van der Waals surface area contributed by atoms with Crippen LogP contribution in [0.2, 0.25) is 0 Å². The molecule has 1 saturated heterocycles. The normalized spacial score (nSPS) is 15.5. The fourth-order valence-electron chi connectivity index (χ4n) is 3.42. The smallest absolute Gasteiger partial charge is 0.342 e. The number of H-pyrrole nitrogens is 1. The van der Waals surface area contributed by atoms with Gasteiger partial charge >= 0.3 is 6.18 Å². The molecule has 0 radical (unpaired) electrons. The van der Waals surface area contributed by atoms with Gasteiger partial charge in [0.05, 0.1) is 11.7 Å². The predicted octanol–water partition coefficient (Wildman–Crippen LogP) is 2.73. The maximum atomic E-state index is 12.8. The van der Waals surface area contributed by atoms with Crippen molar-refractivity contribution in [2.45, 2.75) is 24.9 Å². The summed E-state index contributed by atoms with van der Waals surface area (Å²) < 4.78 is 45.0. The summed E-state index contributed by atoms with van der Waals surface area (Å²) in [5, 5.41) is 8.36. The van der Waals surface area contributed by atoms with Gasteiger partial charge in [0, 0.05) is 30.3 Å². The van der Waals surface area contributed by atoms with Crippen molar-refractivity contribution in [3.05, 3.63) is 41.2 Å². The number of hydrogen-bond acceptors (Lipinski definition) is 6. The van der Waals surface area contributed by atoms with E-state index in [0.717, 1.165) is 17.2 Å². The van der Waals surface area contributed by atoms with Gasteiger partial charge in [0.1, 0.15) is 23.3 Å². The number of likely N-dealkylation sites (tertiary alicyclic amines) is 1. The summed E-state index contributed by atoms with van der Waals surface area (Å²) >= 11 is 1.10. The molecule has 4 rings (SSSR count). The van der Waals surface area contributed by atoms with E-state index in [2.05, 4.69) is 18.9 Å². The number of rotatable bonds is 4. The maximum absolute atomic E-state index is 12.8. The maximum Gasteiger partial charge on any atom is 0.405 e. The molecule has 3 heterocycles. The fourth-order valence-corrected chi connectivity index (χ4v) is 3.94. The van der Waals surface area contributed by atoms with Gasteiger partial charge in [0.15, 0.2) is 0 Å². The lowest BCUT2D eigenvalue weighted by molar-refractivity contribution is -0.123. The number of alkyl halides is 3. The van der Waals surface area contributed by atoms with Gasteiger partial charge in [-0.2, -0.15) is 27.0 Å². The van der Waals surface area contributed by atoms with Crippen molar-refractivity contribution in [2.24, 2.45) is 0 Å². The van der Waals surface area contributed by atoms with E-state index in [1.807, 2.05) is 0 Å². The van der Waals surface area contributed by atoms with Crippen LogP contribution in [0.3, 0.4) is 0 Å². The highest BCUT2D eigenvalue weighted by Crippen LogP contribution is 2.28. The Hall–Kier alpha value is -3.02. The van der Waals surface area contributed by atoms with Crippen LogP contribution in [0.1, 0.15) is 45.3 Å². The van der Waals surface area contributed by atoms with Gasteiger partial charge < -0.3 is 10.2 Å². The number of aromatic nitrogens is 4. The molecular formula is C18H17F3N6O2S. The van der Waals surface area contributed by atoms with Gasteiger partial charge in [0.2, 0.25) is 0 Å². The molecule has 1 fully saturated rings. The van der Waals surface area contributed by atoms with E-state index in [1.165, 1.54) is 6.07 Å². The van der Waals surface area contributed by atoms with Crippen molar-refractivity contribution in [3.8, 4) is 0 Å². The second kappa shape index (κ2) is 8.01. The first kappa shape index (κ1) is 20.3. The average Bonchev–Trinajstić information content (AvgIpc) is 3.40. The minimum absolute atomic E-state index is 0.0379. The van der Waals surface area contributed by atoms with Crippen molar-refractivity contribution >= 4 is 34.6 Å². The second-order valence-electron chi connectivity index (χ2n) is 7.04. The Balaban J connectivity index is 1.35. The predicted molar refractivity (Wildman–Crippen MR) is 102 cm³/mol. The summed E-state index contributed by atoms with van der Waals surface area (Å²) in [5.41, 5.74) is 2.59. The molecule has 0 bridgehead atoms. The zero-order valence-electron chi connectivity index (χ0n) is 15.6. The standard InChI is InChI=1S/C18H17F3N6O2S/c19-18(20,21)9-22-16(28)15-8-13(23-24-15)10-3-5-27(6-4-10)17(29)11-1-2-12-14(7-11)26-30-25-12/h1-2,7-8,10H,3-6,9H2,(H,22,28)(H,23,24). The largest absolute Gasteiger partial charge is 0.405 e. The van der Waals surface area contributed by atoms with Crippen molar-refractivity contribution in [1.29, 1.82) is 0 Å². The van der Waals surface area contributed by atoms with Crippen molar-refractivity contribution in [2.75, 3.05) is 19.6 Å². The molecule has 12 heteroatoms. The molecule has 0 atom stereocenters. The molecule has 0 saturated carbocycles. The topological polar surface area (TPSA) is 104 Å². The van der Waals surface area contributed by atoms with E-state index in [4.69, 9.17) is 0 Å². The molecule has 0 spiro atoms. The Labute approximate surface area is 172 Å². The Morgan fingerprint density at radius 3 is 2.63 bits per heavy atom. The molecule has 2 amide bonds. The third-order valence-corrected chi connectivity index (χ3v) is 5.56. The van der Waals surface area contributed by atoms with Gasteiger partial charge in [-0.15, -0.1) is 0 Å². The van der Waals surface area contributed by atoms with Gasteiger partial charge in [0.25, 0.3) is 11.8 Å². The van der Waals surface area contributed by atoms with Crippen LogP contribution in [-0.4, -0.2) is 61.5 Å². The average molecular weight is 438 g/mol. The SMILES string of the molecule is O=C(NCC(F)(F)F)c1cc(C2CCN(C(=O)c3ccc4nsnc4c3)CC2)[nH]n1. The number of nitrogens with zero attached hydrogens (tertiary/aromatic N) is 4. The van der Waals surface area contributed by atoms with Crippen LogP contribution in [0.4, 0.5) is 13.2 Å². The number of nitrogens with one attached hydrogen (secondary N) is 2. The number of carbonyl (C=O) groups is 2. The van der Waals surface area contributed by atoms with Crippen LogP contribution in [0.15, 0.2) is 24.3 Å². The summed E-state index contributed by atoms with van der Waals surface area (Å²) in [7, 11) is 0. The van der Waals surface area contributed by atoms with E-state index in [-0.39, 0.29) is 17.5 Å². The van der Waals surface area contributed by atoms with Crippen LogP contribution in [-0.2, 0) is 0 Å². The third kappa shape index (κ3) is 4.42. The van der Waals surface area contributed by atoms with Gasteiger partial charge in [-0.3, -0.25) is 14.7 Å². The zero-order valence-corrected chi connectivity index (χ0v) is 16.4. The van der Waals surface area contributed by atoms with Crippen molar-refractivity contribution in [3.63, 3.8) is 0 Å². The van der Waals surface area contributed by atoms with Gasteiger partial charge in [-0.05, 0) is 37.1 Å². The number of fused-ring (bicyclic) bond motifs is 1. The first-order chi connectivity index (χ1) is 14.3. The van der Waals surface area contributed by atoms with E-state index >= 15 is 0 Å². The minimum atomic E-state index is -4.48. The number of halogens is 3. The molecule has 0 aliphatic carbocycles. The highest BCUT2D eigenvalue weighted by atomic mass is 32.1. The number of amides is 2. The summed E-state index contributed by atoms with van der Waals surface area (Å²) in [4.78, 5) is 26.3. The number of aromatic amines is 1. The molecule has 30 heavy (non-hydrogen) atoms. The van der Waals surface area contributed by atoms with Crippen LogP contribution >= 0.6 is 11.7 Å². The van der Waals surface area contributed by atoms with Crippen molar-refractivity contribution < 1.29 is 22.8 Å². The van der Waals surface area contributed by atoms with Crippen LogP contribution < -0.4 is 5.32 Å². The monoisotopic (exact) mass is 438 g/mol. The molecule has 1 aromatic carbocycles. The molecular weight excluding hydrogens is 421 g/mol. The lowest BCUT2D eigenvalue weighted by Crippen LogP contribution is -2.38. The Bertz CT molecular complexity index is 1070. The Morgan fingerprint density at radius 2 is 1.90 bits per heavy atom. The minimum Gasteiger partial charge on any atom is -0.342 e. The van der Waals surface area contributed by atoms with Crippen LogP contribution in [0.25, 0.3) is 11.0 Å². The molecule has 3 aromatic rings. The summed E-state index contributed by atoms with van der Waals surface area (Å²) in [6.07, 6.45) is -3.18. The molecule has 0 unspecified atom stereocenters. The fraction of sp³-hybridized carbons (Fsp3) is 0.389. The Morgan fingerprint density at radius 1 is 1.17 bits per heavy atom. The molecule has 2 aromatic heterocycles. The third-order valence-electron chi connectivity index (χ3n) is 5.00. The second-order valence-corrected chi connectivity index (χ2v) is 7.57. The van der Waals surface area contributed by atoms with Crippen LogP contribution in [0, 0.1) is 0 Å². The zero-order chi connectivity index (χ0) is 21.3. The number of piperidine rings is 1. The summed E-state index contributed by atoms with van der Waals surface area (Å²) in [5.74, 6) is -0.925. The molecule has 1 aliphatic rings. The molecule has 158 valence electrons. The van der Waals surface area contributed by atoms with E-state index < -0.39 is 18.6 Å². The number of hydrogen-bond donors (Lipinski definition) is 2. The van der Waals surface area contributed by atoms with Crippen molar-refractivity contribution in [1.82, 2.24) is 29.2 Å².